The Balaban J connectivity index is 1.32. The lowest BCUT2D eigenvalue weighted by Gasteiger charge is -2.37. The van der Waals surface area contributed by atoms with Crippen molar-refractivity contribution in [1.82, 2.24) is 9.88 Å². The van der Waals surface area contributed by atoms with Crippen LogP contribution in [0.5, 0.6) is 5.75 Å². The van der Waals surface area contributed by atoms with Crippen LogP contribution < -0.4 is 4.74 Å². The van der Waals surface area contributed by atoms with Gasteiger partial charge in [-0.3, -0.25) is 4.79 Å². The lowest BCUT2D eigenvalue weighted by Crippen LogP contribution is -2.47. The van der Waals surface area contributed by atoms with Crippen LogP contribution in [-0.2, 0) is 20.7 Å². The smallest absolute Gasteiger partial charge is 0.222 e. The lowest BCUT2D eigenvalue weighted by molar-refractivity contribution is -0.187. The van der Waals surface area contributed by atoms with Crippen molar-refractivity contribution in [2.75, 3.05) is 33.4 Å². The zero-order valence-corrected chi connectivity index (χ0v) is 16.3. The number of benzene rings is 1. The fourth-order valence-corrected chi connectivity index (χ4v) is 4.53. The van der Waals surface area contributed by atoms with Crippen molar-refractivity contribution < 1.29 is 19.0 Å². The summed E-state index contributed by atoms with van der Waals surface area (Å²) in [5, 5.41) is 2.95. The van der Waals surface area contributed by atoms with Gasteiger partial charge in [-0.05, 0) is 18.6 Å². The Morgan fingerprint density at radius 3 is 2.74 bits per heavy atom. The van der Waals surface area contributed by atoms with E-state index < -0.39 is 5.79 Å². The average molecular weight is 388 g/mol. The summed E-state index contributed by atoms with van der Waals surface area (Å²) in [6, 6.07) is 7.85. The SMILES string of the molecule is COc1ccccc1-c1nc(CCC(=O)N2CCC3(CC2)OCCO3)cs1. The minimum absolute atomic E-state index is 0.176. The Morgan fingerprint density at radius 2 is 2.00 bits per heavy atom. The third-order valence-electron chi connectivity index (χ3n) is 5.18. The number of ether oxygens (including phenoxy) is 3. The first kappa shape index (κ1) is 18.4. The van der Waals surface area contributed by atoms with E-state index in [-0.39, 0.29) is 5.91 Å². The van der Waals surface area contributed by atoms with Crippen molar-refractivity contribution in [3.8, 4) is 16.3 Å². The number of piperidine rings is 1. The molecule has 0 radical (unpaired) electrons. The van der Waals surface area contributed by atoms with Gasteiger partial charge in [0.1, 0.15) is 10.8 Å². The van der Waals surface area contributed by atoms with Crippen molar-refractivity contribution >= 4 is 17.2 Å². The fraction of sp³-hybridized carbons (Fsp3) is 0.500. The van der Waals surface area contributed by atoms with E-state index in [2.05, 4.69) is 0 Å². The van der Waals surface area contributed by atoms with Gasteiger partial charge < -0.3 is 19.1 Å². The fourth-order valence-electron chi connectivity index (χ4n) is 3.64. The van der Waals surface area contributed by atoms with Crippen LogP contribution in [0.3, 0.4) is 0 Å². The second kappa shape index (κ2) is 7.96. The highest BCUT2D eigenvalue weighted by Gasteiger charge is 2.40. The summed E-state index contributed by atoms with van der Waals surface area (Å²) in [5.41, 5.74) is 1.94. The van der Waals surface area contributed by atoms with Gasteiger partial charge in [-0.1, -0.05) is 12.1 Å². The minimum Gasteiger partial charge on any atom is -0.496 e. The Labute approximate surface area is 163 Å². The molecule has 1 aromatic carbocycles. The van der Waals surface area contributed by atoms with E-state index in [4.69, 9.17) is 19.2 Å². The summed E-state index contributed by atoms with van der Waals surface area (Å²) in [6.07, 6.45) is 2.64. The van der Waals surface area contributed by atoms with Gasteiger partial charge in [0.05, 0.1) is 31.6 Å². The molecule has 2 saturated heterocycles. The third kappa shape index (κ3) is 4.00. The molecule has 0 unspecified atom stereocenters. The number of hydrogen-bond donors (Lipinski definition) is 0. The quantitative estimate of drug-likeness (QED) is 0.788. The molecule has 3 heterocycles. The largest absolute Gasteiger partial charge is 0.496 e. The van der Waals surface area contributed by atoms with Gasteiger partial charge in [-0.15, -0.1) is 11.3 Å². The number of para-hydroxylation sites is 1. The summed E-state index contributed by atoms with van der Waals surface area (Å²) >= 11 is 1.58. The van der Waals surface area contributed by atoms with E-state index in [0.717, 1.165) is 34.9 Å². The maximum absolute atomic E-state index is 12.6. The number of amides is 1. The number of aromatic nitrogens is 1. The molecular formula is C20H24N2O4S. The van der Waals surface area contributed by atoms with Crippen molar-refractivity contribution in [2.45, 2.75) is 31.5 Å². The number of likely N-dealkylation sites (tertiary alicyclic amines) is 1. The Morgan fingerprint density at radius 1 is 1.26 bits per heavy atom. The number of methoxy groups -OCH3 is 1. The topological polar surface area (TPSA) is 60.9 Å². The minimum atomic E-state index is -0.435. The van der Waals surface area contributed by atoms with Crippen molar-refractivity contribution in [3.63, 3.8) is 0 Å². The first-order chi connectivity index (χ1) is 13.2. The van der Waals surface area contributed by atoms with Gasteiger partial charge in [0.25, 0.3) is 0 Å². The number of carbonyl (C=O) groups is 1. The van der Waals surface area contributed by atoms with Crippen LogP contribution in [0.2, 0.25) is 0 Å². The van der Waals surface area contributed by atoms with Crippen LogP contribution in [0.4, 0.5) is 0 Å². The van der Waals surface area contributed by atoms with Gasteiger partial charge in [-0.25, -0.2) is 4.98 Å². The Kier molecular flexibility index (Phi) is 5.43. The second-order valence-corrected chi connectivity index (χ2v) is 7.69. The monoisotopic (exact) mass is 388 g/mol. The van der Waals surface area contributed by atoms with Gasteiger partial charge >= 0.3 is 0 Å². The molecule has 27 heavy (non-hydrogen) atoms. The van der Waals surface area contributed by atoms with E-state index in [1.54, 1.807) is 18.4 Å². The Hall–Kier alpha value is -1.96. The van der Waals surface area contributed by atoms with E-state index in [1.807, 2.05) is 34.5 Å². The molecule has 0 saturated carbocycles. The highest BCUT2D eigenvalue weighted by Crippen LogP contribution is 2.33. The molecular weight excluding hydrogens is 364 g/mol. The first-order valence-corrected chi connectivity index (χ1v) is 10.2. The van der Waals surface area contributed by atoms with E-state index in [1.165, 1.54) is 0 Å². The highest BCUT2D eigenvalue weighted by atomic mass is 32.1. The Bertz CT molecular complexity index is 791. The van der Waals surface area contributed by atoms with Crippen LogP contribution in [0.15, 0.2) is 29.6 Å². The summed E-state index contributed by atoms with van der Waals surface area (Å²) in [6.45, 7) is 2.71. The predicted molar refractivity (Wildman–Crippen MR) is 103 cm³/mol. The number of hydrogen-bond acceptors (Lipinski definition) is 6. The van der Waals surface area contributed by atoms with Crippen LogP contribution >= 0.6 is 11.3 Å². The number of nitrogens with zero attached hydrogens (tertiary/aromatic N) is 2. The summed E-state index contributed by atoms with van der Waals surface area (Å²) in [4.78, 5) is 19.2. The molecule has 1 amide bonds. The van der Waals surface area contributed by atoms with Crippen LogP contribution in [0, 0.1) is 0 Å². The maximum atomic E-state index is 12.6. The molecule has 2 aliphatic heterocycles. The van der Waals surface area contributed by atoms with Crippen LogP contribution in [0.25, 0.3) is 10.6 Å². The normalized spacial score (nSPS) is 18.8. The van der Waals surface area contributed by atoms with Gasteiger partial charge in [0.15, 0.2) is 5.79 Å². The molecule has 6 nitrogen and oxygen atoms in total. The van der Waals surface area contributed by atoms with E-state index in [0.29, 0.717) is 39.1 Å². The molecule has 1 aromatic heterocycles. The number of aryl methyl sites for hydroxylation is 1. The molecule has 4 rings (SSSR count). The highest BCUT2D eigenvalue weighted by molar-refractivity contribution is 7.13. The van der Waals surface area contributed by atoms with Crippen LogP contribution in [0.1, 0.15) is 25.0 Å². The average Bonchev–Trinajstić information content (AvgIpc) is 3.37. The molecule has 2 fully saturated rings. The maximum Gasteiger partial charge on any atom is 0.222 e. The van der Waals surface area contributed by atoms with Gasteiger partial charge in [0.2, 0.25) is 5.91 Å². The molecule has 1 spiro atoms. The third-order valence-corrected chi connectivity index (χ3v) is 6.10. The molecule has 0 N–H and O–H groups in total. The summed E-state index contributed by atoms with van der Waals surface area (Å²) < 4.78 is 16.9. The second-order valence-electron chi connectivity index (χ2n) is 6.83. The van der Waals surface area contributed by atoms with Crippen molar-refractivity contribution in [3.05, 3.63) is 35.3 Å². The van der Waals surface area contributed by atoms with Gasteiger partial charge in [0, 0.05) is 37.7 Å². The molecule has 0 aliphatic carbocycles. The molecule has 0 bridgehead atoms. The van der Waals surface area contributed by atoms with Crippen LogP contribution in [-0.4, -0.2) is 55.0 Å². The zero-order chi connectivity index (χ0) is 18.7. The number of carbonyl (C=O) groups excluding carboxylic acids is 1. The molecule has 2 aliphatic rings. The molecule has 144 valence electrons. The summed E-state index contributed by atoms with van der Waals surface area (Å²) in [7, 11) is 1.66. The summed E-state index contributed by atoms with van der Waals surface area (Å²) in [5.74, 6) is 0.553. The zero-order valence-electron chi connectivity index (χ0n) is 15.5. The van der Waals surface area contributed by atoms with Crippen molar-refractivity contribution in [2.24, 2.45) is 0 Å². The number of rotatable bonds is 5. The predicted octanol–water partition coefficient (Wildman–Crippen LogP) is 3.12. The van der Waals surface area contributed by atoms with E-state index >= 15 is 0 Å². The first-order valence-electron chi connectivity index (χ1n) is 9.33. The van der Waals surface area contributed by atoms with Gasteiger partial charge in [-0.2, -0.15) is 0 Å². The van der Waals surface area contributed by atoms with Crippen molar-refractivity contribution in [1.29, 1.82) is 0 Å². The molecule has 7 heteroatoms. The number of thiazole rings is 1. The molecule has 0 atom stereocenters. The molecule has 2 aromatic rings. The van der Waals surface area contributed by atoms with E-state index in [9.17, 15) is 4.79 Å². The standard InChI is InChI=1S/C20H24N2O4S/c1-24-17-5-3-2-4-16(17)19-21-15(14-27-19)6-7-18(23)22-10-8-20(9-11-22)25-12-13-26-20/h2-5,14H,6-13H2,1H3. The lowest BCUT2D eigenvalue weighted by atomic mass is 10.0.